The molecule has 1 aliphatic heterocycles. The van der Waals surface area contributed by atoms with Crippen molar-refractivity contribution in [1.29, 1.82) is 0 Å². The molecule has 1 aromatic heterocycles. The van der Waals surface area contributed by atoms with Gasteiger partial charge in [0, 0.05) is 18.2 Å². The van der Waals surface area contributed by atoms with Crippen LogP contribution in [0.5, 0.6) is 0 Å². The first-order valence-electron chi connectivity index (χ1n) is 6.76. The molecule has 0 saturated carbocycles. The number of aryl methyl sites for hydroxylation is 1. The second-order valence-electron chi connectivity index (χ2n) is 5.20. The molecule has 0 N–H and O–H groups in total. The SMILES string of the molecule is COC1=C(c2cc(C(C)=O)cc(C)n2)C(C)=[N+](C)CC1. The molecule has 0 radical (unpaired) electrons. The Hall–Kier alpha value is -1.97. The molecule has 106 valence electrons. The van der Waals surface area contributed by atoms with Crippen LogP contribution in [-0.2, 0) is 4.74 Å². The van der Waals surface area contributed by atoms with E-state index in [1.807, 2.05) is 19.1 Å². The average Bonchev–Trinajstić information content (AvgIpc) is 2.40. The third-order valence-electron chi connectivity index (χ3n) is 3.75. The van der Waals surface area contributed by atoms with Gasteiger partial charge >= 0.3 is 0 Å². The highest BCUT2D eigenvalue weighted by Crippen LogP contribution is 2.26. The minimum absolute atomic E-state index is 0.0538. The summed E-state index contributed by atoms with van der Waals surface area (Å²) in [5.74, 6) is 0.992. The van der Waals surface area contributed by atoms with E-state index in [4.69, 9.17) is 4.74 Å². The van der Waals surface area contributed by atoms with Crippen molar-refractivity contribution in [3.05, 3.63) is 34.8 Å². The first kappa shape index (κ1) is 14.4. The number of nitrogens with zero attached hydrogens (tertiary/aromatic N) is 2. The van der Waals surface area contributed by atoms with Gasteiger partial charge in [0.2, 0.25) is 0 Å². The van der Waals surface area contributed by atoms with Crippen molar-refractivity contribution >= 4 is 17.1 Å². The van der Waals surface area contributed by atoms with Gasteiger partial charge in [-0.15, -0.1) is 0 Å². The fourth-order valence-corrected chi connectivity index (χ4v) is 2.49. The number of hydrogen-bond donors (Lipinski definition) is 0. The molecule has 4 nitrogen and oxygen atoms in total. The van der Waals surface area contributed by atoms with Crippen LogP contribution in [0, 0.1) is 6.92 Å². The number of pyridine rings is 1. The zero-order valence-corrected chi connectivity index (χ0v) is 12.8. The number of carbonyl (C=O) groups excluding carboxylic acids is 1. The first-order valence-corrected chi connectivity index (χ1v) is 6.76. The fourth-order valence-electron chi connectivity index (χ4n) is 2.49. The van der Waals surface area contributed by atoms with E-state index >= 15 is 0 Å². The molecule has 4 heteroatoms. The van der Waals surface area contributed by atoms with E-state index < -0.39 is 0 Å². The predicted octanol–water partition coefficient (Wildman–Crippen LogP) is 2.46. The Labute approximate surface area is 119 Å². The molecule has 1 aromatic rings. The molecule has 0 bridgehead atoms. The summed E-state index contributed by atoms with van der Waals surface area (Å²) >= 11 is 0. The maximum Gasteiger partial charge on any atom is 0.185 e. The minimum Gasteiger partial charge on any atom is -0.500 e. The number of ether oxygens (including phenoxy) is 1. The second kappa shape index (κ2) is 5.57. The first-order chi connectivity index (χ1) is 9.43. The molecule has 0 amide bonds. The van der Waals surface area contributed by atoms with E-state index in [0.29, 0.717) is 5.56 Å². The van der Waals surface area contributed by atoms with Gasteiger partial charge in [-0.1, -0.05) is 0 Å². The molecular weight excluding hydrogens is 252 g/mol. The van der Waals surface area contributed by atoms with Crippen LogP contribution in [0.15, 0.2) is 17.9 Å². The van der Waals surface area contributed by atoms with Crippen LogP contribution in [0.4, 0.5) is 0 Å². The van der Waals surface area contributed by atoms with Crippen molar-refractivity contribution in [1.82, 2.24) is 4.98 Å². The molecule has 0 fully saturated rings. The van der Waals surface area contributed by atoms with E-state index in [0.717, 1.165) is 41.4 Å². The highest BCUT2D eigenvalue weighted by molar-refractivity contribution is 6.20. The van der Waals surface area contributed by atoms with Gasteiger partial charge in [-0.05, 0) is 26.0 Å². The van der Waals surface area contributed by atoms with E-state index in [1.165, 1.54) is 0 Å². The van der Waals surface area contributed by atoms with E-state index in [1.54, 1.807) is 14.0 Å². The Morgan fingerprint density at radius 2 is 2.05 bits per heavy atom. The van der Waals surface area contributed by atoms with Crippen LogP contribution in [0.25, 0.3) is 5.57 Å². The lowest BCUT2D eigenvalue weighted by Crippen LogP contribution is -2.25. The normalized spacial score (nSPS) is 15.7. The van der Waals surface area contributed by atoms with Gasteiger partial charge in [-0.2, -0.15) is 0 Å². The molecular formula is C16H21N2O2+. The number of allylic oxidation sites excluding steroid dienone is 1. The molecule has 2 heterocycles. The molecule has 0 spiro atoms. The van der Waals surface area contributed by atoms with Crippen LogP contribution in [0.3, 0.4) is 0 Å². The lowest BCUT2D eigenvalue weighted by atomic mass is 9.98. The zero-order chi connectivity index (χ0) is 14.9. The molecule has 2 rings (SSSR count). The van der Waals surface area contributed by atoms with Gasteiger partial charge in [0.1, 0.15) is 24.9 Å². The minimum atomic E-state index is 0.0538. The van der Waals surface area contributed by atoms with Gasteiger partial charge in [0.25, 0.3) is 0 Å². The molecule has 0 saturated heterocycles. The molecule has 0 unspecified atom stereocenters. The highest BCUT2D eigenvalue weighted by Gasteiger charge is 2.26. The maximum absolute atomic E-state index is 11.6. The third-order valence-corrected chi connectivity index (χ3v) is 3.75. The molecule has 1 aliphatic rings. The van der Waals surface area contributed by atoms with Crippen LogP contribution in [-0.4, -0.2) is 41.8 Å². The number of carbonyl (C=O) groups is 1. The summed E-state index contributed by atoms with van der Waals surface area (Å²) in [6, 6.07) is 3.67. The monoisotopic (exact) mass is 273 g/mol. The predicted molar refractivity (Wildman–Crippen MR) is 79.3 cm³/mol. The maximum atomic E-state index is 11.6. The summed E-state index contributed by atoms with van der Waals surface area (Å²) in [5.41, 5.74) is 4.48. The summed E-state index contributed by atoms with van der Waals surface area (Å²) in [6.07, 6.45) is 0.852. The number of hydrogen-bond acceptors (Lipinski definition) is 3. The third kappa shape index (κ3) is 2.64. The van der Waals surface area contributed by atoms with Gasteiger partial charge < -0.3 is 4.74 Å². The number of Topliss-reactive ketones (excluding diaryl/α,β-unsaturated/α-hetero) is 1. The molecule has 20 heavy (non-hydrogen) atoms. The van der Waals surface area contributed by atoms with Crippen molar-refractivity contribution in [3.63, 3.8) is 0 Å². The lowest BCUT2D eigenvalue weighted by molar-refractivity contribution is -0.497. The molecule has 0 aliphatic carbocycles. The average molecular weight is 273 g/mol. The van der Waals surface area contributed by atoms with Crippen molar-refractivity contribution in [2.24, 2.45) is 0 Å². The van der Waals surface area contributed by atoms with Crippen molar-refractivity contribution < 1.29 is 14.1 Å². The summed E-state index contributed by atoms with van der Waals surface area (Å²) in [6.45, 7) is 6.48. The van der Waals surface area contributed by atoms with E-state index in [-0.39, 0.29) is 5.78 Å². The van der Waals surface area contributed by atoms with E-state index in [2.05, 4.69) is 23.5 Å². The number of aromatic nitrogens is 1. The summed E-state index contributed by atoms with van der Waals surface area (Å²) in [7, 11) is 3.75. The fraction of sp³-hybridized carbons (Fsp3) is 0.438. The Balaban J connectivity index is 2.64. The Morgan fingerprint density at radius 3 is 2.65 bits per heavy atom. The van der Waals surface area contributed by atoms with Crippen LogP contribution in [0.1, 0.15) is 42.0 Å². The van der Waals surface area contributed by atoms with Gasteiger partial charge in [-0.3, -0.25) is 9.78 Å². The summed E-state index contributed by atoms with van der Waals surface area (Å²) in [5, 5.41) is 0. The van der Waals surface area contributed by atoms with Crippen LogP contribution in [0.2, 0.25) is 0 Å². The number of ketones is 1. The van der Waals surface area contributed by atoms with Crippen molar-refractivity contribution in [2.75, 3.05) is 20.7 Å². The lowest BCUT2D eigenvalue weighted by Gasteiger charge is -2.18. The summed E-state index contributed by atoms with van der Waals surface area (Å²) < 4.78 is 7.71. The van der Waals surface area contributed by atoms with E-state index in [9.17, 15) is 4.79 Å². The van der Waals surface area contributed by atoms with Gasteiger partial charge in [-0.25, -0.2) is 4.58 Å². The number of methoxy groups -OCH3 is 1. The second-order valence-corrected chi connectivity index (χ2v) is 5.20. The van der Waals surface area contributed by atoms with Gasteiger partial charge in [0.05, 0.1) is 19.2 Å². The quantitative estimate of drug-likeness (QED) is 0.627. The largest absolute Gasteiger partial charge is 0.500 e. The smallest absolute Gasteiger partial charge is 0.185 e. The van der Waals surface area contributed by atoms with Crippen LogP contribution >= 0.6 is 0 Å². The van der Waals surface area contributed by atoms with Crippen molar-refractivity contribution in [2.45, 2.75) is 27.2 Å². The number of rotatable bonds is 3. The Morgan fingerprint density at radius 1 is 1.35 bits per heavy atom. The molecule has 0 aromatic carbocycles. The Kier molecular flexibility index (Phi) is 4.02. The van der Waals surface area contributed by atoms with Gasteiger partial charge in [0.15, 0.2) is 11.5 Å². The van der Waals surface area contributed by atoms with Crippen LogP contribution < -0.4 is 0 Å². The Bertz CT molecular complexity index is 627. The highest BCUT2D eigenvalue weighted by atomic mass is 16.5. The van der Waals surface area contributed by atoms with Crippen molar-refractivity contribution in [3.8, 4) is 0 Å². The molecule has 0 atom stereocenters. The standard InChI is InChI=1S/C16H21N2O2/c1-10-8-13(12(3)19)9-14(17-10)16-11(2)18(4)7-6-15(16)20-5/h8-9H,6-7H2,1-5H3/q+1. The summed E-state index contributed by atoms with van der Waals surface area (Å²) in [4.78, 5) is 16.2. The topological polar surface area (TPSA) is 42.2 Å². The zero-order valence-electron chi connectivity index (χ0n) is 12.8.